The third kappa shape index (κ3) is 4.51. The minimum absolute atomic E-state index is 0.223. The molecule has 1 atom stereocenters. The Morgan fingerprint density at radius 1 is 0.750 bits per heavy atom. The van der Waals surface area contributed by atoms with Crippen molar-refractivity contribution < 1.29 is 14.3 Å². The first-order chi connectivity index (χ1) is 21.0. The number of nitrogens with zero attached hydrogens (tertiary/aromatic N) is 1. The van der Waals surface area contributed by atoms with Crippen LogP contribution in [0.3, 0.4) is 0 Å². The van der Waals surface area contributed by atoms with Crippen LogP contribution < -0.4 is 15.0 Å². The van der Waals surface area contributed by atoms with Crippen LogP contribution in [-0.4, -0.2) is 11.5 Å². The number of ether oxygens (including phenoxy) is 2. The number of hydrogen-bond acceptors (Lipinski definition) is 5. The van der Waals surface area contributed by atoms with Crippen LogP contribution >= 0.6 is 11.6 Å². The molecule has 1 spiro atoms. The minimum atomic E-state index is -1.17. The van der Waals surface area contributed by atoms with Crippen molar-refractivity contribution >= 4 is 40.3 Å². The number of esters is 1. The monoisotopic (exact) mass is 600 g/mol. The van der Waals surface area contributed by atoms with Gasteiger partial charge in [0, 0.05) is 56.1 Å². The molecular formula is C38H33ClN2O3. The first kappa shape index (κ1) is 28.1. The summed E-state index contributed by atoms with van der Waals surface area (Å²) < 4.78 is 13.2. The number of carbonyl (C=O) groups is 1. The molecule has 220 valence electrons. The Morgan fingerprint density at radius 3 is 2.16 bits per heavy atom. The molecule has 1 N–H and O–H groups in total. The SMILES string of the molecule is Cc1ccc(N(c2ccc3c(c2)Oc2cc(C)c(Nc4ccc(Cl)cc4)cc2C32OC(=O)c3ccccc32)C(C)(C)C)cc1. The lowest BCUT2D eigenvalue weighted by molar-refractivity contribution is 0.0224. The number of anilines is 4. The van der Waals surface area contributed by atoms with Gasteiger partial charge in [0.05, 0.1) is 5.56 Å². The van der Waals surface area contributed by atoms with E-state index in [0.29, 0.717) is 22.1 Å². The van der Waals surface area contributed by atoms with Crippen LogP contribution in [0.1, 0.15) is 58.9 Å². The van der Waals surface area contributed by atoms with Crippen LogP contribution in [0.4, 0.5) is 22.7 Å². The van der Waals surface area contributed by atoms with Crippen LogP contribution in [0.5, 0.6) is 11.5 Å². The summed E-state index contributed by atoms with van der Waals surface area (Å²) in [5, 5.41) is 4.19. The van der Waals surface area contributed by atoms with E-state index in [1.807, 2.05) is 73.7 Å². The fraction of sp³-hybridized carbons (Fsp3) is 0.184. The molecule has 44 heavy (non-hydrogen) atoms. The summed E-state index contributed by atoms with van der Waals surface area (Å²) in [6, 6.07) is 34.0. The second-order valence-corrected chi connectivity index (χ2v) is 13.0. The molecule has 0 amide bonds. The van der Waals surface area contributed by atoms with Gasteiger partial charge in [0.25, 0.3) is 0 Å². The maximum absolute atomic E-state index is 13.5. The molecule has 2 aliphatic rings. The summed E-state index contributed by atoms with van der Waals surface area (Å²) in [7, 11) is 0. The lowest BCUT2D eigenvalue weighted by atomic mass is 9.77. The minimum Gasteiger partial charge on any atom is -0.456 e. The van der Waals surface area contributed by atoms with Crippen molar-refractivity contribution in [2.45, 2.75) is 45.8 Å². The van der Waals surface area contributed by atoms with E-state index in [2.05, 4.69) is 74.3 Å². The Kier molecular flexibility index (Phi) is 6.49. The fourth-order valence-electron chi connectivity index (χ4n) is 6.39. The zero-order valence-electron chi connectivity index (χ0n) is 25.4. The van der Waals surface area contributed by atoms with E-state index in [-0.39, 0.29) is 11.5 Å². The number of aryl methyl sites for hydroxylation is 2. The van der Waals surface area contributed by atoms with E-state index < -0.39 is 5.60 Å². The molecule has 0 saturated carbocycles. The fourth-order valence-corrected chi connectivity index (χ4v) is 6.51. The van der Waals surface area contributed by atoms with Gasteiger partial charge < -0.3 is 19.7 Å². The standard InChI is InChI=1S/C38H33ClN2O3/c1-23-10-16-27(17-11-23)41(37(3,4)5)28-18-19-31-35(21-28)43-34-20-24(2)33(40-26-14-12-25(39)13-15-26)22-32(34)38(31)30-9-7-6-8-29(30)36(42)44-38/h6-22,40H,1-5H3. The molecular weight excluding hydrogens is 568 g/mol. The summed E-state index contributed by atoms with van der Waals surface area (Å²) in [4.78, 5) is 15.8. The first-order valence-electron chi connectivity index (χ1n) is 14.7. The molecule has 0 aromatic heterocycles. The highest BCUT2D eigenvalue weighted by molar-refractivity contribution is 6.30. The molecule has 0 fully saturated rings. The Morgan fingerprint density at radius 2 is 1.43 bits per heavy atom. The smallest absolute Gasteiger partial charge is 0.340 e. The normalized spacial score (nSPS) is 16.5. The molecule has 5 aromatic rings. The van der Waals surface area contributed by atoms with E-state index in [1.54, 1.807) is 0 Å². The maximum Gasteiger partial charge on any atom is 0.340 e. The summed E-state index contributed by atoms with van der Waals surface area (Å²) >= 11 is 6.13. The van der Waals surface area contributed by atoms with Crippen LogP contribution in [-0.2, 0) is 10.3 Å². The number of hydrogen-bond donors (Lipinski definition) is 1. The predicted molar refractivity (Wildman–Crippen MR) is 177 cm³/mol. The quantitative estimate of drug-likeness (QED) is 0.208. The van der Waals surface area contributed by atoms with Crippen LogP contribution in [0.15, 0.2) is 103 Å². The molecule has 0 aliphatic carbocycles. The molecule has 6 heteroatoms. The summed E-state index contributed by atoms with van der Waals surface area (Å²) in [5.41, 5.74) is 7.55. The third-order valence-electron chi connectivity index (χ3n) is 8.39. The summed E-state index contributed by atoms with van der Waals surface area (Å²) in [5.74, 6) is 0.946. The molecule has 0 radical (unpaired) electrons. The second-order valence-electron chi connectivity index (χ2n) is 12.5. The largest absolute Gasteiger partial charge is 0.456 e. The molecule has 5 nitrogen and oxygen atoms in total. The first-order valence-corrected chi connectivity index (χ1v) is 15.1. The van der Waals surface area contributed by atoms with Crippen molar-refractivity contribution in [1.29, 1.82) is 0 Å². The predicted octanol–water partition coefficient (Wildman–Crippen LogP) is 10.2. The van der Waals surface area contributed by atoms with Crippen molar-refractivity contribution in [3.05, 3.63) is 142 Å². The summed E-state index contributed by atoms with van der Waals surface area (Å²) in [6.45, 7) is 10.7. The zero-order valence-corrected chi connectivity index (χ0v) is 26.1. The number of fused-ring (bicyclic) bond motifs is 6. The van der Waals surface area contributed by atoms with Crippen molar-refractivity contribution in [2.24, 2.45) is 0 Å². The van der Waals surface area contributed by atoms with Gasteiger partial charge >= 0.3 is 5.97 Å². The zero-order chi connectivity index (χ0) is 30.8. The van der Waals surface area contributed by atoms with E-state index in [0.717, 1.165) is 45.0 Å². The van der Waals surface area contributed by atoms with Crippen molar-refractivity contribution in [3.63, 3.8) is 0 Å². The van der Waals surface area contributed by atoms with Gasteiger partial charge in [-0.05, 0) is 107 Å². The lowest BCUT2D eigenvalue weighted by Crippen LogP contribution is -2.38. The molecule has 0 bridgehead atoms. The van der Waals surface area contributed by atoms with E-state index in [9.17, 15) is 4.79 Å². The topological polar surface area (TPSA) is 50.8 Å². The average molecular weight is 601 g/mol. The van der Waals surface area contributed by atoms with Gasteiger partial charge in [0.1, 0.15) is 11.5 Å². The Hall–Kier alpha value is -4.74. The van der Waals surface area contributed by atoms with Gasteiger partial charge in [-0.15, -0.1) is 0 Å². The third-order valence-corrected chi connectivity index (χ3v) is 8.64. The molecule has 5 aromatic carbocycles. The van der Waals surface area contributed by atoms with Gasteiger partial charge in [0.15, 0.2) is 5.60 Å². The van der Waals surface area contributed by atoms with E-state index >= 15 is 0 Å². The Labute approximate surface area is 263 Å². The Balaban J connectivity index is 1.42. The Bertz CT molecular complexity index is 1930. The number of halogens is 1. The number of rotatable bonds is 4. The van der Waals surface area contributed by atoms with E-state index in [4.69, 9.17) is 21.1 Å². The number of carbonyl (C=O) groups excluding carboxylic acids is 1. The lowest BCUT2D eigenvalue weighted by Gasteiger charge is -2.40. The van der Waals surface area contributed by atoms with Crippen molar-refractivity contribution in [1.82, 2.24) is 0 Å². The maximum atomic E-state index is 13.5. The molecule has 0 saturated heterocycles. The molecule has 2 heterocycles. The van der Waals surface area contributed by atoms with E-state index in [1.165, 1.54) is 5.56 Å². The average Bonchev–Trinajstić information content (AvgIpc) is 3.28. The van der Waals surface area contributed by atoms with Gasteiger partial charge in [-0.25, -0.2) is 4.79 Å². The highest BCUT2D eigenvalue weighted by Gasteiger charge is 2.53. The van der Waals surface area contributed by atoms with Gasteiger partial charge in [-0.1, -0.05) is 47.5 Å². The molecule has 7 rings (SSSR count). The second kappa shape index (κ2) is 10.2. The van der Waals surface area contributed by atoms with Gasteiger partial charge in [-0.2, -0.15) is 0 Å². The van der Waals surface area contributed by atoms with Gasteiger partial charge in [-0.3, -0.25) is 0 Å². The van der Waals surface area contributed by atoms with Gasteiger partial charge in [0.2, 0.25) is 0 Å². The van der Waals surface area contributed by atoms with Crippen molar-refractivity contribution in [2.75, 3.05) is 10.2 Å². The highest BCUT2D eigenvalue weighted by atomic mass is 35.5. The molecule has 1 unspecified atom stereocenters. The molecule has 2 aliphatic heterocycles. The number of benzene rings is 5. The summed E-state index contributed by atoms with van der Waals surface area (Å²) in [6.07, 6.45) is 0. The number of nitrogens with one attached hydrogen (secondary N) is 1. The van der Waals surface area contributed by atoms with Crippen LogP contribution in [0.25, 0.3) is 0 Å². The van der Waals surface area contributed by atoms with Crippen molar-refractivity contribution in [3.8, 4) is 11.5 Å². The highest BCUT2D eigenvalue weighted by Crippen LogP contribution is 2.57. The van der Waals surface area contributed by atoms with Crippen LogP contribution in [0, 0.1) is 13.8 Å². The van der Waals surface area contributed by atoms with Crippen LogP contribution in [0.2, 0.25) is 5.02 Å².